The van der Waals surface area contributed by atoms with Gasteiger partial charge in [0.25, 0.3) is 0 Å². The highest BCUT2D eigenvalue weighted by Crippen LogP contribution is 2.23. The van der Waals surface area contributed by atoms with E-state index in [1.165, 1.54) is 103 Å². The number of unbranched alkanes of at least 4 members (excludes halogenated alkanes) is 12. The van der Waals surface area contributed by atoms with Crippen molar-refractivity contribution in [2.45, 2.75) is 122 Å². The van der Waals surface area contributed by atoms with Crippen LogP contribution in [-0.2, 0) is 0 Å². The lowest BCUT2D eigenvalue weighted by Crippen LogP contribution is -2.02. The van der Waals surface area contributed by atoms with Gasteiger partial charge in [0.05, 0.1) is 0 Å². The highest BCUT2D eigenvalue weighted by Gasteiger charge is 2.08. The zero-order valence-corrected chi connectivity index (χ0v) is 16.6. The monoisotopic (exact) mass is 342 g/mol. The zero-order valence-electron chi connectivity index (χ0n) is 16.6. The average molecular weight is 343 g/mol. The Labute approximate surface area is 152 Å². The fourth-order valence-electron chi connectivity index (χ4n) is 3.63. The molecule has 0 bridgehead atoms. The summed E-state index contributed by atoms with van der Waals surface area (Å²) in [7, 11) is 0. The molecule has 24 heavy (non-hydrogen) atoms. The van der Waals surface area contributed by atoms with Crippen LogP contribution in [0.5, 0.6) is 0 Å². The predicted octanol–water partition coefficient (Wildman–Crippen LogP) is 6.63. The summed E-state index contributed by atoms with van der Waals surface area (Å²) in [6, 6.07) is 0. The first-order valence-corrected chi connectivity index (χ1v) is 11.1. The van der Waals surface area contributed by atoms with Crippen LogP contribution in [0.2, 0.25) is 0 Å². The Morgan fingerprint density at radius 2 is 0.833 bits per heavy atom. The van der Waals surface area contributed by atoms with Gasteiger partial charge in [0.1, 0.15) is 0 Å². The van der Waals surface area contributed by atoms with Gasteiger partial charge in [-0.05, 0) is 25.2 Å². The Kier molecular flexibility index (Phi) is 20.9. The van der Waals surface area contributed by atoms with Crippen molar-refractivity contribution in [3.8, 4) is 0 Å². The molecule has 0 aliphatic carbocycles. The third-order valence-corrected chi connectivity index (χ3v) is 5.26. The standard InChI is InChI=1S/C22H46O2/c1-2-3-4-5-6-7-10-13-17-22(19-16-21-24)18-14-11-8-9-12-15-20-23/h22-24H,2-21H2,1H3. The van der Waals surface area contributed by atoms with Gasteiger partial charge in [-0.25, -0.2) is 0 Å². The number of aliphatic hydroxyl groups excluding tert-OH is 2. The summed E-state index contributed by atoms with van der Waals surface area (Å²) in [6.07, 6.45) is 23.6. The number of hydrogen-bond donors (Lipinski definition) is 2. The van der Waals surface area contributed by atoms with E-state index in [9.17, 15) is 0 Å². The molecular weight excluding hydrogens is 296 g/mol. The number of aliphatic hydroxyl groups is 2. The van der Waals surface area contributed by atoms with Crippen molar-refractivity contribution < 1.29 is 10.2 Å². The van der Waals surface area contributed by atoms with Gasteiger partial charge < -0.3 is 10.2 Å². The molecule has 1 unspecified atom stereocenters. The van der Waals surface area contributed by atoms with Crippen molar-refractivity contribution in [2.75, 3.05) is 13.2 Å². The molecule has 0 aromatic heterocycles. The van der Waals surface area contributed by atoms with Gasteiger partial charge in [0, 0.05) is 13.2 Å². The lowest BCUT2D eigenvalue weighted by Gasteiger charge is -2.16. The maximum absolute atomic E-state index is 9.10. The molecule has 146 valence electrons. The summed E-state index contributed by atoms with van der Waals surface area (Å²) in [5.41, 5.74) is 0. The molecule has 1 atom stereocenters. The second-order valence-electron chi connectivity index (χ2n) is 7.63. The summed E-state index contributed by atoms with van der Waals surface area (Å²) < 4.78 is 0. The van der Waals surface area contributed by atoms with Gasteiger partial charge in [-0.2, -0.15) is 0 Å². The minimum Gasteiger partial charge on any atom is -0.396 e. The average Bonchev–Trinajstić information content (AvgIpc) is 2.60. The molecular formula is C22H46O2. The van der Waals surface area contributed by atoms with E-state index in [1.54, 1.807) is 0 Å². The number of rotatable bonds is 20. The van der Waals surface area contributed by atoms with Crippen LogP contribution in [0.4, 0.5) is 0 Å². The highest BCUT2D eigenvalue weighted by molar-refractivity contribution is 4.61. The number of hydrogen-bond acceptors (Lipinski definition) is 2. The van der Waals surface area contributed by atoms with E-state index in [2.05, 4.69) is 6.92 Å². The maximum Gasteiger partial charge on any atom is 0.0431 e. The fraction of sp³-hybridized carbons (Fsp3) is 1.00. The molecule has 0 aliphatic heterocycles. The Hall–Kier alpha value is -0.0800. The first-order chi connectivity index (χ1) is 11.8. The van der Waals surface area contributed by atoms with Crippen LogP contribution in [0.1, 0.15) is 122 Å². The lowest BCUT2D eigenvalue weighted by atomic mass is 9.90. The Morgan fingerprint density at radius 1 is 0.458 bits per heavy atom. The quantitative estimate of drug-likeness (QED) is 0.244. The van der Waals surface area contributed by atoms with E-state index in [1.807, 2.05) is 0 Å². The van der Waals surface area contributed by atoms with Crippen molar-refractivity contribution in [3.63, 3.8) is 0 Å². The first-order valence-electron chi connectivity index (χ1n) is 11.1. The molecule has 0 saturated heterocycles. The van der Waals surface area contributed by atoms with E-state index in [0.29, 0.717) is 13.2 Å². The van der Waals surface area contributed by atoms with Crippen LogP contribution < -0.4 is 0 Å². The summed E-state index contributed by atoms with van der Waals surface area (Å²) in [4.78, 5) is 0. The third kappa shape index (κ3) is 18.3. The van der Waals surface area contributed by atoms with Crippen LogP contribution in [0, 0.1) is 5.92 Å². The van der Waals surface area contributed by atoms with Crippen molar-refractivity contribution >= 4 is 0 Å². The van der Waals surface area contributed by atoms with Crippen molar-refractivity contribution in [3.05, 3.63) is 0 Å². The predicted molar refractivity (Wildman–Crippen MR) is 106 cm³/mol. The van der Waals surface area contributed by atoms with E-state index in [-0.39, 0.29) is 0 Å². The third-order valence-electron chi connectivity index (χ3n) is 5.26. The topological polar surface area (TPSA) is 40.5 Å². The van der Waals surface area contributed by atoms with Gasteiger partial charge in [-0.3, -0.25) is 0 Å². The molecule has 2 nitrogen and oxygen atoms in total. The second-order valence-corrected chi connectivity index (χ2v) is 7.63. The summed E-state index contributed by atoms with van der Waals surface area (Å²) >= 11 is 0. The van der Waals surface area contributed by atoms with Crippen molar-refractivity contribution in [1.29, 1.82) is 0 Å². The molecule has 0 amide bonds. The molecule has 2 heteroatoms. The maximum atomic E-state index is 9.10. The first kappa shape index (κ1) is 23.9. The second kappa shape index (κ2) is 21.0. The molecule has 0 aliphatic rings. The Bertz CT molecular complexity index is 218. The van der Waals surface area contributed by atoms with E-state index in [0.717, 1.165) is 18.8 Å². The molecule has 0 aromatic rings. The smallest absolute Gasteiger partial charge is 0.0431 e. The molecule has 0 radical (unpaired) electrons. The zero-order chi connectivity index (χ0) is 17.7. The molecule has 0 aromatic carbocycles. The molecule has 0 spiro atoms. The highest BCUT2D eigenvalue weighted by atomic mass is 16.3. The van der Waals surface area contributed by atoms with Crippen LogP contribution in [0.25, 0.3) is 0 Å². The molecule has 0 fully saturated rings. The summed E-state index contributed by atoms with van der Waals surface area (Å²) in [5, 5.41) is 17.9. The van der Waals surface area contributed by atoms with Gasteiger partial charge in [0.2, 0.25) is 0 Å². The molecule has 0 heterocycles. The molecule has 0 saturated carbocycles. The van der Waals surface area contributed by atoms with E-state index in [4.69, 9.17) is 10.2 Å². The Morgan fingerprint density at radius 3 is 1.29 bits per heavy atom. The minimum absolute atomic E-state index is 0.349. The SMILES string of the molecule is CCCCCCCCCCC(CCCO)CCCCCCCCO. The largest absolute Gasteiger partial charge is 0.396 e. The van der Waals surface area contributed by atoms with Crippen molar-refractivity contribution in [1.82, 2.24) is 0 Å². The summed E-state index contributed by atoms with van der Waals surface area (Å²) in [5.74, 6) is 0.842. The van der Waals surface area contributed by atoms with Gasteiger partial charge in [-0.1, -0.05) is 103 Å². The normalized spacial score (nSPS) is 12.6. The Balaban J connectivity index is 3.55. The van der Waals surface area contributed by atoms with Gasteiger partial charge >= 0.3 is 0 Å². The molecule has 0 rings (SSSR count). The van der Waals surface area contributed by atoms with Gasteiger partial charge in [-0.15, -0.1) is 0 Å². The fourth-order valence-corrected chi connectivity index (χ4v) is 3.63. The van der Waals surface area contributed by atoms with Crippen LogP contribution >= 0.6 is 0 Å². The van der Waals surface area contributed by atoms with E-state index < -0.39 is 0 Å². The van der Waals surface area contributed by atoms with Crippen LogP contribution in [0.15, 0.2) is 0 Å². The minimum atomic E-state index is 0.349. The molecule has 2 N–H and O–H groups in total. The van der Waals surface area contributed by atoms with Crippen LogP contribution in [0.3, 0.4) is 0 Å². The van der Waals surface area contributed by atoms with Crippen LogP contribution in [-0.4, -0.2) is 23.4 Å². The van der Waals surface area contributed by atoms with Crippen molar-refractivity contribution in [2.24, 2.45) is 5.92 Å². The van der Waals surface area contributed by atoms with E-state index >= 15 is 0 Å². The van der Waals surface area contributed by atoms with Gasteiger partial charge in [0.15, 0.2) is 0 Å². The lowest BCUT2D eigenvalue weighted by molar-refractivity contribution is 0.261. The summed E-state index contributed by atoms with van der Waals surface area (Å²) in [6.45, 7) is 2.98.